The van der Waals surface area contributed by atoms with Gasteiger partial charge in [-0.25, -0.2) is 0 Å². The number of nitrogens with one attached hydrogen (secondary N) is 1. The van der Waals surface area contributed by atoms with Gasteiger partial charge >= 0.3 is 0 Å². The summed E-state index contributed by atoms with van der Waals surface area (Å²) in [6.07, 6.45) is 6.99. The van der Waals surface area contributed by atoms with E-state index in [1.807, 2.05) is 60.9 Å². The Morgan fingerprint density at radius 1 is 1.00 bits per heavy atom. The maximum atomic E-state index is 13.5. The van der Waals surface area contributed by atoms with Crippen molar-refractivity contribution >= 4 is 21.8 Å². The van der Waals surface area contributed by atoms with Crippen LogP contribution in [0.15, 0.2) is 77.5 Å². The molecule has 3 aliphatic heterocycles. The Labute approximate surface area is 191 Å². The Balaban J connectivity index is 1.42. The number of hydrogen-bond acceptors (Lipinski definition) is 3. The van der Waals surface area contributed by atoms with Crippen molar-refractivity contribution in [2.24, 2.45) is 5.92 Å². The zero-order valence-electron chi connectivity index (χ0n) is 17.4. The fourth-order valence-electron chi connectivity index (χ4n) is 5.21. The van der Waals surface area contributed by atoms with Crippen molar-refractivity contribution in [2.45, 2.75) is 31.3 Å². The molecule has 0 spiro atoms. The number of hydrogen-bond donors (Lipinski definition) is 1. The lowest BCUT2D eigenvalue weighted by Crippen LogP contribution is -2.64. The molecule has 1 N–H and O–H groups in total. The van der Waals surface area contributed by atoms with E-state index in [1.165, 1.54) is 5.56 Å². The second kappa shape index (κ2) is 8.93. The smallest absolute Gasteiger partial charge is 0.252 e. The van der Waals surface area contributed by atoms with Gasteiger partial charge in [0.15, 0.2) is 0 Å². The highest BCUT2D eigenvalue weighted by atomic mass is 79.9. The molecule has 2 aromatic carbocycles. The quantitative estimate of drug-likeness (QED) is 0.567. The summed E-state index contributed by atoms with van der Waals surface area (Å²) in [5.74, 6) is 0.549. The molecule has 2 unspecified atom stereocenters. The maximum Gasteiger partial charge on any atom is 0.252 e. The summed E-state index contributed by atoms with van der Waals surface area (Å²) in [6.45, 7) is 2.24. The van der Waals surface area contributed by atoms with E-state index < -0.39 is 0 Å². The Morgan fingerprint density at radius 3 is 2.48 bits per heavy atom. The van der Waals surface area contributed by atoms with Crippen LogP contribution >= 0.6 is 15.9 Å². The Kier molecular flexibility index (Phi) is 5.88. The summed E-state index contributed by atoms with van der Waals surface area (Å²) in [6, 6.07) is 20.6. The molecule has 2 bridgehead atoms. The van der Waals surface area contributed by atoms with Crippen molar-refractivity contribution in [2.75, 3.05) is 13.1 Å². The molecule has 158 valence electrons. The molecule has 0 saturated carbocycles. The maximum absolute atomic E-state index is 13.5. The number of rotatable bonds is 5. The van der Waals surface area contributed by atoms with Gasteiger partial charge in [0, 0.05) is 34.5 Å². The van der Waals surface area contributed by atoms with Crippen LogP contribution in [0.3, 0.4) is 0 Å². The molecule has 0 radical (unpaired) electrons. The Hall–Kier alpha value is -2.50. The second-order valence-corrected chi connectivity index (χ2v) is 9.39. The number of aromatic nitrogens is 1. The predicted octanol–water partition coefficient (Wildman–Crippen LogP) is 4.95. The van der Waals surface area contributed by atoms with Crippen molar-refractivity contribution in [3.8, 4) is 11.1 Å². The van der Waals surface area contributed by atoms with Crippen LogP contribution in [0.5, 0.6) is 0 Å². The van der Waals surface area contributed by atoms with Crippen molar-refractivity contribution in [3.05, 3.63) is 88.7 Å². The van der Waals surface area contributed by atoms with Crippen LogP contribution in [0.4, 0.5) is 0 Å². The first-order valence-corrected chi connectivity index (χ1v) is 11.8. The zero-order valence-corrected chi connectivity index (χ0v) is 19.0. The van der Waals surface area contributed by atoms with E-state index in [0.29, 0.717) is 12.0 Å². The summed E-state index contributed by atoms with van der Waals surface area (Å²) in [5.41, 5.74) is 3.95. The number of carbonyl (C=O) groups is 1. The number of pyridine rings is 1. The number of benzene rings is 2. The normalized spacial score (nSPS) is 24.7. The fraction of sp³-hybridized carbons (Fsp3) is 0.308. The molecule has 4 heterocycles. The molecule has 31 heavy (non-hydrogen) atoms. The van der Waals surface area contributed by atoms with Crippen LogP contribution in [0.1, 0.15) is 28.8 Å². The van der Waals surface area contributed by atoms with Gasteiger partial charge in [0.1, 0.15) is 0 Å². The largest absolute Gasteiger partial charge is 0.347 e. The highest BCUT2D eigenvalue weighted by Gasteiger charge is 2.43. The lowest BCUT2D eigenvalue weighted by Gasteiger charge is -2.51. The third kappa shape index (κ3) is 4.17. The van der Waals surface area contributed by atoms with Gasteiger partial charge in [0.05, 0.1) is 0 Å². The molecule has 5 heteroatoms. The predicted molar refractivity (Wildman–Crippen MR) is 127 cm³/mol. The van der Waals surface area contributed by atoms with E-state index in [-0.39, 0.29) is 11.9 Å². The molecular weight excluding hydrogens is 450 g/mol. The van der Waals surface area contributed by atoms with Crippen molar-refractivity contribution in [1.29, 1.82) is 0 Å². The van der Waals surface area contributed by atoms with Gasteiger partial charge in [0.2, 0.25) is 0 Å². The van der Waals surface area contributed by atoms with E-state index in [1.54, 1.807) is 0 Å². The first kappa shape index (κ1) is 20.4. The van der Waals surface area contributed by atoms with Crippen LogP contribution < -0.4 is 5.32 Å². The third-order valence-corrected chi connectivity index (χ3v) is 7.46. The number of amides is 1. The summed E-state index contributed by atoms with van der Waals surface area (Å²) >= 11 is 3.64. The first-order chi connectivity index (χ1) is 15.2. The third-order valence-electron chi connectivity index (χ3n) is 6.77. The van der Waals surface area contributed by atoms with Crippen molar-refractivity contribution in [1.82, 2.24) is 15.2 Å². The Morgan fingerprint density at radius 2 is 1.74 bits per heavy atom. The molecule has 3 aliphatic rings. The molecule has 3 saturated heterocycles. The number of nitrogens with zero attached hydrogens (tertiary/aromatic N) is 2. The van der Waals surface area contributed by atoms with Gasteiger partial charge in [-0.1, -0.05) is 58.4 Å². The highest BCUT2D eigenvalue weighted by molar-refractivity contribution is 9.10. The Bertz CT molecular complexity index is 1060. The van der Waals surface area contributed by atoms with Gasteiger partial charge in [-0.15, -0.1) is 0 Å². The van der Waals surface area contributed by atoms with Gasteiger partial charge < -0.3 is 5.32 Å². The number of piperidine rings is 3. The standard InChI is InChI=1S/C26H26BrN3O/c27-23-10-4-3-8-21(23)20-7-1-2-9-22(20)26(31)29-25-19-11-14-30(15-12-19)24(25)16-18-6-5-13-28-17-18/h1-10,13,17,19,24-25H,11-12,14-16H2,(H,29,31). The molecule has 0 aliphatic carbocycles. The number of fused-ring (bicyclic) bond motifs is 3. The average molecular weight is 476 g/mol. The number of halogens is 1. The molecule has 4 nitrogen and oxygen atoms in total. The van der Waals surface area contributed by atoms with Gasteiger partial charge in [-0.2, -0.15) is 0 Å². The SMILES string of the molecule is O=C(NC1C2CCN(CC2)C1Cc1cccnc1)c1ccccc1-c1ccccc1Br. The molecule has 1 aromatic heterocycles. The van der Waals surface area contributed by atoms with E-state index in [0.717, 1.165) is 53.5 Å². The van der Waals surface area contributed by atoms with Crippen LogP contribution in [-0.2, 0) is 6.42 Å². The number of carbonyl (C=O) groups excluding carboxylic acids is 1. The van der Waals surface area contributed by atoms with Gasteiger partial charge in [-0.3, -0.25) is 14.7 Å². The van der Waals surface area contributed by atoms with E-state index in [4.69, 9.17) is 0 Å². The van der Waals surface area contributed by atoms with E-state index in [9.17, 15) is 4.79 Å². The molecule has 3 fully saturated rings. The lowest BCUT2D eigenvalue weighted by atomic mass is 9.76. The monoisotopic (exact) mass is 475 g/mol. The lowest BCUT2D eigenvalue weighted by molar-refractivity contribution is 0.0136. The highest BCUT2D eigenvalue weighted by Crippen LogP contribution is 2.35. The van der Waals surface area contributed by atoms with Crippen LogP contribution in [0.25, 0.3) is 11.1 Å². The van der Waals surface area contributed by atoms with E-state index in [2.05, 4.69) is 43.3 Å². The minimum Gasteiger partial charge on any atom is -0.347 e. The minimum absolute atomic E-state index is 0.0151. The molecule has 1 amide bonds. The van der Waals surface area contributed by atoms with Crippen LogP contribution in [-0.4, -0.2) is 41.0 Å². The van der Waals surface area contributed by atoms with Gasteiger partial charge in [-0.05, 0) is 73.2 Å². The fourth-order valence-corrected chi connectivity index (χ4v) is 5.71. The van der Waals surface area contributed by atoms with Gasteiger partial charge in [0.25, 0.3) is 5.91 Å². The minimum atomic E-state index is 0.0151. The molecule has 6 rings (SSSR count). The van der Waals surface area contributed by atoms with Crippen LogP contribution in [0.2, 0.25) is 0 Å². The molecule has 3 aromatic rings. The van der Waals surface area contributed by atoms with Crippen LogP contribution in [0, 0.1) is 5.92 Å². The second-order valence-electron chi connectivity index (χ2n) is 8.53. The topological polar surface area (TPSA) is 45.2 Å². The summed E-state index contributed by atoms with van der Waals surface area (Å²) < 4.78 is 0.993. The van der Waals surface area contributed by atoms with Crippen molar-refractivity contribution in [3.63, 3.8) is 0 Å². The van der Waals surface area contributed by atoms with Crippen molar-refractivity contribution < 1.29 is 4.79 Å². The summed E-state index contributed by atoms with van der Waals surface area (Å²) in [7, 11) is 0. The summed E-state index contributed by atoms with van der Waals surface area (Å²) in [4.78, 5) is 20.4. The molecule has 2 atom stereocenters. The average Bonchev–Trinajstić information content (AvgIpc) is 2.82. The van der Waals surface area contributed by atoms with E-state index >= 15 is 0 Å². The molecular formula is C26H26BrN3O. The zero-order chi connectivity index (χ0) is 21.2. The summed E-state index contributed by atoms with van der Waals surface area (Å²) in [5, 5.41) is 3.45. The first-order valence-electron chi connectivity index (χ1n) is 11.0.